The third-order valence-corrected chi connectivity index (χ3v) is 3.47. The maximum absolute atomic E-state index is 6.12. The van der Waals surface area contributed by atoms with Crippen LogP contribution < -0.4 is 11.5 Å². The molecule has 1 aliphatic carbocycles. The van der Waals surface area contributed by atoms with Crippen LogP contribution in [0.15, 0.2) is 18.2 Å². The van der Waals surface area contributed by atoms with E-state index in [1.165, 1.54) is 16.7 Å². The molecule has 1 atom stereocenters. The molecule has 2 nitrogen and oxygen atoms in total. The summed E-state index contributed by atoms with van der Waals surface area (Å²) >= 11 is 0. The van der Waals surface area contributed by atoms with Gasteiger partial charge >= 0.3 is 0 Å². The van der Waals surface area contributed by atoms with E-state index in [2.05, 4.69) is 32.0 Å². The van der Waals surface area contributed by atoms with E-state index in [-0.39, 0.29) is 11.5 Å². The van der Waals surface area contributed by atoms with E-state index in [0.29, 0.717) is 6.54 Å². The Bertz CT molecular complexity index is 355. The maximum Gasteiger partial charge on any atom is 0.0178 e. The van der Waals surface area contributed by atoms with Gasteiger partial charge in [-0.1, -0.05) is 32.0 Å². The Balaban J connectivity index is 2.51. The van der Waals surface area contributed by atoms with Crippen LogP contribution in [0.4, 0.5) is 0 Å². The zero-order valence-electron chi connectivity index (χ0n) is 8.88. The molecule has 0 fully saturated rings. The topological polar surface area (TPSA) is 52.0 Å². The lowest BCUT2D eigenvalue weighted by Crippen LogP contribution is -2.37. The zero-order valence-corrected chi connectivity index (χ0v) is 8.88. The van der Waals surface area contributed by atoms with Crippen molar-refractivity contribution < 1.29 is 0 Å². The molecule has 0 saturated carbocycles. The number of hydrogen-bond donors (Lipinski definition) is 2. The molecule has 76 valence electrons. The fourth-order valence-electron chi connectivity index (χ4n) is 2.22. The van der Waals surface area contributed by atoms with Crippen molar-refractivity contribution in [3.63, 3.8) is 0 Å². The minimum absolute atomic E-state index is 0.0977. The van der Waals surface area contributed by atoms with E-state index in [9.17, 15) is 0 Å². The minimum atomic E-state index is 0.0977. The number of nitrogens with two attached hydrogens (primary N) is 2. The molecule has 0 aliphatic heterocycles. The second kappa shape index (κ2) is 3.07. The molecule has 1 aromatic carbocycles. The highest BCUT2D eigenvalue weighted by Gasteiger charge is 2.36. The first-order chi connectivity index (χ1) is 6.55. The SMILES string of the molecule is CC1(C)c2cc(CN)ccc2CC1N. The summed E-state index contributed by atoms with van der Waals surface area (Å²) in [5.41, 5.74) is 15.8. The Kier molecular flexibility index (Phi) is 2.13. The molecule has 0 heterocycles. The van der Waals surface area contributed by atoms with Crippen molar-refractivity contribution in [2.24, 2.45) is 11.5 Å². The van der Waals surface area contributed by atoms with Crippen molar-refractivity contribution in [3.05, 3.63) is 34.9 Å². The van der Waals surface area contributed by atoms with Crippen LogP contribution in [-0.4, -0.2) is 6.04 Å². The van der Waals surface area contributed by atoms with E-state index in [0.717, 1.165) is 6.42 Å². The number of hydrogen-bond acceptors (Lipinski definition) is 2. The third kappa shape index (κ3) is 1.26. The van der Waals surface area contributed by atoms with Gasteiger partial charge in [-0.2, -0.15) is 0 Å². The molecule has 0 amide bonds. The zero-order chi connectivity index (χ0) is 10.3. The summed E-state index contributed by atoms with van der Waals surface area (Å²) in [7, 11) is 0. The lowest BCUT2D eigenvalue weighted by atomic mass is 9.83. The summed E-state index contributed by atoms with van der Waals surface area (Å²) in [6, 6.07) is 6.73. The van der Waals surface area contributed by atoms with E-state index in [1.54, 1.807) is 0 Å². The second-order valence-electron chi connectivity index (χ2n) is 4.73. The first-order valence-electron chi connectivity index (χ1n) is 5.13. The molecule has 1 unspecified atom stereocenters. The van der Waals surface area contributed by atoms with Crippen LogP contribution in [-0.2, 0) is 18.4 Å². The summed E-state index contributed by atoms with van der Waals surface area (Å²) in [5.74, 6) is 0. The van der Waals surface area contributed by atoms with Crippen LogP contribution in [0, 0.1) is 0 Å². The highest BCUT2D eigenvalue weighted by Crippen LogP contribution is 2.37. The average Bonchev–Trinajstić information content (AvgIpc) is 2.38. The molecule has 0 radical (unpaired) electrons. The lowest BCUT2D eigenvalue weighted by molar-refractivity contribution is 0.444. The Morgan fingerprint density at radius 2 is 2.14 bits per heavy atom. The summed E-state index contributed by atoms with van der Waals surface area (Å²) in [6.45, 7) is 5.03. The van der Waals surface area contributed by atoms with Crippen LogP contribution in [0.3, 0.4) is 0 Å². The van der Waals surface area contributed by atoms with Crippen LogP contribution in [0.25, 0.3) is 0 Å². The lowest BCUT2D eigenvalue weighted by Gasteiger charge is -2.25. The molecule has 1 aliphatic rings. The van der Waals surface area contributed by atoms with Crippen molar-refractivity contribution >= 4 is 0 Å². The van der Waals surface area contributed by atoms with Crippen molar-refractivity contribution in [2.75, 3.05) is 0 Å². The monoisotopic (exact) mass is 190 g/mol. The molecule has 2 rings (SSSR count). The molecule has 1 aromatic rings. The predicted molar refractivity (Wildman–Crippen MR) is 59.0 cm³/mol. The van der Waals surface area contributed by atoms with Gasteiger partial charge < -0.3 is 11.5 Å². The molecular formula is C12H18N2. The standard InChI is InChI=1S/C12H18N2/c1-12(2)10-5-8(7-13)3-4-9(10)6-11(12)14/h3-5,11H,6-7,13-14H2,1-2H3. The first kappa shape index (κ1) is 9.69. The highest BCUT2D eigenvalue weighted by molar-refractivity contribution is 5.43. The molecule has 0 aromatic heterocycles. The van der Waals surface area contributed by atoms with Crippen LogP contribution in [0.2, 0.25) is 0 Å². The van der Waals surface area contributed by atoms with E-state index < -0.39 is 0 Å². The quantitative estimate of drug-likeness (QED) is 0.701. The largest absolute Gasteiger partial charge is 0.327 e. The van der Waals surface area contributed by atoms with Crippen LogP contribution >= 0.6 is 0 Å². The number of rotatable bonds is 1. The van der Waals surface area contributed by atoms with E-state index >= 15 is 0 Å². The fraction of sp³-hybridized carbons (Fsp3) is 0.500. The van der Waals surface area contributed by atoms with Gasteiger partial charge in [0.2, 0.25) is 0 Å². The Morgan fingerprint density at radius 1 is 1.43 bits per heavy atom. The van der Waals surface area contributed by atoms with Crippen molar-refractivity contribution in [3.8, 4) is 0 Å². The smallest absolute Gasteiger partial charge is 0.0178 e. The van der Waals surface area contributed by atoms with Crippen molar-refractivity contribution in [1.82, 2.24) is 0 Å². The fourth-order valence-corrected chi connectivity index (χ4v) is 2.22. The molecule has 0 bridgehead atoms. The van der Waals surface area contributed by atoms with Gasteiger partial charge in [0.15, 0.2) is 0 Å². The van der Waals surface area contributed by atoms with E-state index in [1.807, 2.05) is 0 Å². The summed E-state index contributed by atoms with van der Waals surface area (Å²) in [5, 5.41) is 0. The van der Waals surface area contributed by atoms with E-state index in [4.69, 9.17) is 11.5 Å². The second-order valence-corrected chi connectivity index (χ2v) is 4.73. The Labute approximate surface area is 85.3 Å². The maximum atomic E-state index is 6.12. The van der Waals surface area contributed by atoms with Gasteiger partial charge in [0, 0.05) is 18.0 Å². The molecule has 0 saturated heterocycles. The van der Waals surface area contributed by atoms with Gasteiger partial charge in [0.05, 0.1) is 0 Å². The Morgan fingerprint density at radius 3 is 2.79 bits per heavy atom. The molecule has 14 heavy (non-hydrogen) atoms. The van der Waals surface area contributed by atoms with Gasteiger partial charge in [-0.05, 0) is 23.1 Å². The third-order valence-electron chi connectivity index (χ3n) is 3.47. The number of benzene rings is 1. The van der Waals surface area contributed by atoms with Crippen LogP contribution in [0.5, 0.6) is 0 Å². The Hall–Kier alpha value is -0.860. The van der Waals surface area contributed by atoms with Crippen LogP contribution in [0.1, 0.15) is 30.5 Å². The normalized spacial score (nSPS) is 23.6. The minimum Gasteiger partial charge on any atom is -0.327 e. The first-order valence-corrected chi connectivity index (χ1v) is 5.13. The molecule has 0 spiro atoms. The summed E-state index contributed by atoms with van der Waals surface area (Å²) in [4.78, 5) is 0. The van der Waals surface area contributed by atoms with Gasteiger partial charge in [-0.3, -0.25) is 0 Å². The molecule has 2 heteroatoms. The van der Waals surface area contributed by atoms with Crippen molar-refractivity contribution in [2.45, 2.75) is 38.3 Å². The molecule has 4 N–H and O–H groups in total. The highest BCUT2D eigenvalue weighted by atomic mass is 14.7. The average molecular weight is 190 g/mol. The summed E-state index contributed by atoms with van der Waals surface area (Å²) in [6.07, 6.45) is 0.993. The van der Waals surface area contributed by atoms with Gasteiger partial charge in [-0.25, -0.2) is 0 Å². The molecular weight excluding hydrogens is 172 g/mol. The number of fused-ring (bicyclic) bond motifs is 1. The predicted octanol–water partition coefficient (Wildman–Crippen LogP) is 1.31. The van der Waals surface area contributed by atoms with Crippen molar-refractivity contribution in [1.29, 1.82) is 0 Å². The van der Waals surface area contributed by atoms with Gasteiger partial charge in [0.25, 0.3) is 0 Å². The summed E-state index contributed by atoms with van der Waals surface area (Å²) < 4.78 is 0. The van der Waals surface area contributed by atoms with Gasteiger partial charge in [-0.15, -0.1) is 0 Å². The van der Waals surface area contributed by atoms with Gasteiger partial charge in [0.1, 0.15) is 0 Å².